The van der Waals surface area contributed by atoms with Crippen LogP contribution in [0.4, 0.5) is 13.2 Å². The molecule has 1 aromatic heterocycles. The maximum Gasteiger partial charge on any atom is 0.416 e. The highest BCUT2D eigenvalue weighted by atomic mass is 19.4. The summed E-state index contributed by atoms with van der Waals surface area (Å²) in [6.07, 6.45) is -4.37. The lowest BCUT2D eigenvalue weighted by Gasteiger charge is -2.12. The van der Waals surface area contributed by atoms with Gasteiger partial charge in [-0.3, -0.25) is 0 Å². The SMILES string of the molecule is Cc1cc(C(F)(F)F)cc(OCCN(C)C)n1. The quantitative estimate of drug-likeness (QED) is 0.817. The minimum Gasteiger partial charge on any atom is -0.476 e. The van der Waals surface area contributed by atoms with Crippen molar-refractivity contribution in [1.82, 2.24) is 9.88 Å². The van der Waals surface area contributed by atoms with E-state index < -0.39 is 11.7 Å². The Kier molecular flexibility index (Phi) is 4.34. The number of rotatable bonds is 4. The minimum absolute atomic E-state index is 0.0131. The Morgan fingerprint density at radius 3 is 2.47 bits per heavy atom. The van der Waals surface area contributed by atoms with Crippen LogP contribution in [0.1, 0.15) is 11.3 Å². The van der Waals surface area contributed by atoms with E-state index in [9.17, 15) is 13.2 Å². The molecular weight excluding hydrogens is 233 g/mol. The topological polar surface area (TPSA) is 25.4 Å². The van der Waals surface area contributed by atoms with Crippen molar-refractivity contribution in [1.29, 1.82) is 0 Å². The van der Waals surface area contributed by atoms with E-state index in [4.69, 9.17) is 4.74 Å². The number of alkyl halides is 3. The van der Waals surface area contributed by atoms with E-state index in [1.807, 2.05) is 19.0 Å². The molecule has 3 nitrogen and oxygen atoms in total. The molecule has 0 fully saturated rings. The van der Waals surface area contributed by atoms with E-state index in [0.717, 1.165) is 12.1 Å². The van der Waals surface area contributed by atoms with Crippen molar-refractivity contribution in [2.45, 2.75) is 13.1 Å². The van der Waals surface area contributed by atoms with E-state index in [0.29, 0.717) is 18.8 Å². The lowest BCUT2D eigenvalue weighted by Crippen LogP contribution is -2.20. The van der Waals surface area contributed by atoms with Gasteiger partial charge in [-0.15, -0.1) is 0 Å². The van der Waals surface area contributed by atoms with Crippen LogP contribution in [0, 0.1) is 6.92 Å². The van der Waals surface area contributed by atoms with Crippen LogP contribution in [0.5, 0.6) is 5.88 Å². The summed E-state index contributed by atoms with van der Waals surface area (Å²) in [6.45, 7) is 2.44. The highest BCUT2D eigenvalue weighted by Gasteiger charge is 2.31. The number of hydrogen-bond donors (Lipinski definition) is 0. The molecule has 96 valence electrons. The van der Waals surface area contributed by atoms with E-state index in [1.54, 1.807) is 0 Å². The lowest BCUT2D eigenvalue weighted by molar-refractivity contribution is -0.137. The molecule has 0 saturated heterocycles. The maximum atomic E-state index is 12.5. The second-order valence-electron chi connectivity index (χ2n) is 3.98. The Morgan fingerprint density at radius 1 is 1.29 bits per heavy atom. The van der Waals surface area contributed by atoms with Crippen LogP contribution in [0.25, 0.3) is 0 Å². The van der Waals surface area contributed by atoms with Crippen molar-refractivity contribution in [3.8, 4) is 5.88 Å². The van der Waals surface area contributed by atoms with Gasteiger partial charge in [-0.2, -0.15) is 13.2 Å². The maximum absolute atomic E-state index is 12.5. The summed E-state index contributed by atoms with van der Waals surface area (Å²) in [5.41, 5.74) is -0.440. The summed E-state index contributed by atoms with van der Waals surface area (Å²) in [6, 6.07) is 1.92. The fourth-order valence-corrected chi connectivity index (χ4v) is 1.21. The van der Waals surface area contributed by atoms with Crippen LogP contribution in [0.2, 0.25) is 0 Å². The largest absolute Gasteiger partial charge is 0.476 e. The highest BCUT2D eigenvalue weighted by Crippen LogP contribution is 2.31. The third-order valence-corrected chi connectivity index (χ3v) is 2.05. The van der Waals surface area contributed by atoms with Crippen molar-refractivity contribution in [2.75, 3.05) is 27.2 Å². The van der Waals surface area contributed by atoms with E-state index in [2.05, 4.69) is 4.98 Å². The third-order valence-electron chi connectivity index (χ3n) is 2.05. The first-order valence-corrected chi connectivity index (χ1v) is 5.12. The van der Waals surface area contributed by atoms with Crippen molar-refractivity contribution in [3.05, 3.63) is 23.4 Å². The standard InChI is InChI=1S/C11H15F3N2O/c1-8-6-9(11(12,13)14)7-10(15-8)17-5-4-16(2)3/h6-7H,4-5H2,1-3H3. The number of halogens is 3. The van der Waals surface area contributed by atoms with Crippen LogP contribution in [-0.2, 0) is 6.18 Å². The Labute approximate surface area is 98.2 Å². The predicted molar refractivity (Wildman–Crippen MR) is 58.0 cm³/mol. The van der Waals surface area contributed by atoms with Crippen molar-refractivity contribution >= 4 is 0 Å². The number of aromatic nitrogens is 1. The van der Waals surface area contributed by atoms with Crippen LogP contribution in [-0.4, -0.2) is 37.1 Å². The van der Waals surface area contributed by atoms with Gasteiger partial charge in [0, 0.05) is 18.3 Å². The van der Waals surface area contributed by atoms with Gasteiger partial charge in [0.05, 0.1) is 5.56 Å². The fraction of sp³-hybridized carbons (Fsp3) is 0.545. The Morgan fingerprint density at radius 2 is 1.94 bits per heavy atom. The summed E-state index contributed by atoms with van der Waals surface area (Å²) < 4.78 is 42.7. The molecule has 0 spiro atoms. The summed E-state index contributed by atoms with van der Waals surface area (Å²) in [5.74, 6) is 0.0131. The zero-order chi connectivity index (χ0) is 13.1. The zero-order valence-electron chi connectivity index (χ0n) is 10.0. The Hall–Kier alpha value is -1.30. The van der Waals surface area contributed by atoms with Crippen molar-refractivity contribution in [2.24, 2.45) is 0 Å². The monoisotopic (exact) mass is 248 g/mol. The molecule has 0 N–H and O–H groups in total. The molecule has 1 rings (SSSR count). The molecular formula is C11H15F3N2O. The normalized spacial score (nSPS) is 11.9. The van der Waals surface area contributed by atoms with Gasteiger partial charge in [0.1, 0.15) is 6.61 Å². The average molecular weight is 248 g/mol. The molecule has 17 heavy (non-hydrogen) atoms. The van der Waals surface area contributed by atoms with Gasteiger partial charge in [-0.25, -0.2) is 4.98 Å². The van der Waals surface area contributed by atoms with Crippen molar-refractivity contribution in [3.63, 3.8) is 0 Å². The zero-order valence-corrected chi connectivity index (χ0v) is 10.0. The number of likely N-dealkylation sites (N-methyl/N-ethyl adjacent to an activating group) is 1. The lowest BCUT2D eigenvalue weighted by atomic mass is 10.2. The smallest absolute Gasteiger partial charge is 0.416 e. The molecule has 0 amide bonds. The van der Waals surface area contributed by atoms with Gasteiger partial charge in [0.15, 0.2) is 0 Å². The predicted octanol–water partition coefficient (Wildman–Crippen LogP) is 2.35. The minimum atomic E-state index is -4.37. The second-order valence-corrected chi connectivity index (χ2v) is 3.98. The van der Waals surface area contributed by atoms with Gasteiger partial charge in [-0.1, -0.05) is 0 Å². The van der Waals surface area contributed by atoms with Crippen LogP contribution in [0.3, 0.4) is 0 Å². The molecule has 0 radical (unpaired) electrons. The molecule has 1 aromatic rings. The number of nitrogens with zero attached hydrogens (tertiary/aromatic N) is 2. The van der Waals surface area contributed by atoms with Gasteiger partial charge < -0.3 is 9.64 Å². The van der Waals surface area contributed by atoms with Crippen LogP contribution < -0.4 is 4.74 Å². The molecule has 1 heterocycles. The van der Waals surface area contributed by atoms with Gasteiger partial charge in [0.25, 0.3) is 0 Å². The summed E-state index contributed by atoms with van der Waals surface area (Å²) in [5, 5.41) is 0. The van der Waals surface area contributed by atoms with Gasteiger partial charge >= 0.3 is 6.18 Å². The molecule has 0 bridgehead atoms. The molecule has 0 aliphatic carbocycles. The third kappa shape index (κ3) is 4.60. The first kappa shape index (κ1) is 13.8. The number of hydrogen-bond acceptors (Lipinski definition) is 3. The molecule has 0 unspecified atom stereocenters. The Balaban J connectivity index is 2.76. The van der Waals surface area contributed by atoms with E-state index in [1.165, 1.54) is 6.92 Å². The number of ether oxygens (including phenoxy) is 1. The summed E-state index contributed by atoms with van der Waals surface area (Å²) in [4.78, 5) is 5.78. The first-order valence-electron chi connectivity index (χ1n) is 5.12. The second kappa shape index (κ2) is 5.35. The molecule has 0 aromatic carbocycles. The molecule has 0 saturated carbocycles. The van der Waals surface area contributed by atoms with Crippen LogP contribution in [0.15, 0.2) is 12.1 Å². The van der Waals surface area contributed by atoms with E-state index >= 15 is 0 Å². The summed E-state index contributed by atoms with van der Waals surface area (Å²) >= 11 is 0. The van der Waals surface area contributed by atoms with Gasteiger partial charge in [-0.05, 0) is 27.1 Å². The summed E-state index contributed by atoms with van der Waals surface area (Å²) in [7, 11) is 3.71. The highest BCUT2D eigenvalue weighted by molar-refractivity contribution is 5.26. The number of aryl methyl sites for hydroxylation is 1. The van der Waals surface area contributed by atoms with Crippen molar-refractivity contribution < 1.29 is 17.9 Å². The fourth-order valence-electron chi connectivity index (χ4n) is 1.21. The average Bonchev–Trinajstić information content (AvgIpc) is 2.14. The molecule has 6 heteroatoms. The van der Waals surface area contributed by atoms with Gasteiger partial charge in [0.2, 0.25) is 5.88 Å². The van der Waals surface area contributed by atoms with E-state index in [-0.39, 0.29) is 5.88 Å². The molecule has 0 aliphatic rings. The Bertz CT molecular complexity index is 377. The molecule has 0 atom stereocenters. The van der Waals surface area contributed by atoms with Crippen LogP contribution >= 0.6 is 0 Å². The number of pyridine rings is 1. The first-order chi connectivity index (χ1) is 7.79. The molecule has 0 aliphatic heterocycles.